The van der Waals surface area contributed by atoms with E-state index in [1.807, 2.05) is 18.5 Å². The molecule has 3 rings (SSSR count). The molecule has 0 radical (unpaired) electrons. The molecule has 0 aliphatic carbocycles. The molecule has 0 saturated heterocycles. The molecule has 1 aromatic carbocycles. The number of aromatic nitrogens is 4. The van der Waals surface area contributed by atoms with Crippen LogP contribution >= 0.6 is 23.2 Å². The van der Waals surface area contributed by atoms with E-state index in [1.165, 1.54) is 6.08 Å². The average molecular weight is 404 g/mol. The molecule has 0 unspecified atom stereocenters. The third-order valence-corrected chi connectivity index (χ3v) is 4.85. The lowest BCUT2D eigenvalue weighted by molar-refractivity contribution is -0.111. The molecule has 1 amide bonds. The van der Waals surface area contributed by atoms with Crippen LogP contribution in [0.15, 0.2) is 42.9 Å². The van der Waals surface area contributed by atoms with Crippen LogP contribution in [-0.4, -0.2) is 25.5 Å². The summed E-state index contributed by atoms with van der Waals surface area (Å²) in [5.41, 5.74) is 3.31. The van der Waals surface area contributed by atoms with Gasteiger partial charge in [-0.3, -0.25) is 14.2 Å². The van der Waals surface area contributed by atoms with E-state index in [2.05, 4.69) is 15.5 Å². The lowest BCUT2D eigenvalue weighted by atomic mass is 10.2. The number of nitrogens with zero attached hydrogens (tertiary/aromatic N) is 4. The van der Waals surface area contributed by atoms with E-state index < -0.39 is 0 Å². The molecule has 6 nitrogen and oxygen atoms in total. The Bertz CT molecular complexity index is 970. The van der Waals surface area contributed by atoms with Gasteiger partial charge in [0.15, 0.2) is 0 Å². The van der Waals surface area contributed by atoms with Crippen LogP contribution in [0, 0.1) is 6.92 Å². The van der Waals surface area contributed by atoms with E-state index in [0.29, 0.717) is 22.3 Å². The number of amides is 1. The Labute approximate surface area is 167 Å². The first kappa shape index (κ1) is 19.2. The Balaban J connectivity index is 1.64. The monoisotopic (exact) mass is 403 g/mol. The van der Waals surface area contributed by atoms with Gasteiger partial charge in [-0.15, -0.1) is 0 Å². The largest absolute Gasteiger partial charge is 0.320 e. The van der Waals surface area contributed by atoms with Gasteiger partial charge in [0.2, 0.25) is 5.91 Å². The Kier molecular flexibility index (Phi) is 5.98. The molecule has 0 atom stereocenters. The number of hydrogen-bond acceptors (Lipinski definition) is 3. The maximum absolute atomic E-state index is 12.1. The van der Waals surface area contributed by atoms with Gasteiger partial charge >= 0.3 is 0 Å². The van der Waals surface area contributed by atoms with Gasteiger partial charge < -0.3 is 5.32 Å². The minimum Gasteiger partial charge on any atom is -0.320 e. The van der Waals surface area contributed by atoms with Gasteiger partial charge in [0.1, 0.15) is 0 Å². The molecule has 0 spiro atoms. The number of carbonyl (C=O) groups excluding carboxylic acids is 1. The highest BCUT2D eigenvalue weighted by Gasteiger charge is 2.08. The van der Waals surface area contributed by atoms with Gasteiger partial charge in [0.05, 0.1) is 24.6 Å². The summed E-state index contributed by atoms with van der Waals surface area (Å²) >= 11 is 12.4. The summed E-state index contributed by atoms with van der Waals surface area (Å²) in [4.78, 5) is 12.1. The minimum atomic E-state index is -0.242. The molecule has 2 heterocycles. The van der Waals surface area contributed by atoms with Crippen LogP contribution in [0.1, 0.15) is 23.7 Å². The second-order valence-corrected chi connectivity index (χ2v) is 6.76. The van der Waals surface area contributed by atoms with Crippen molar-refractivity contribution in [3.63, 3.8) is 0 Å². The van der Waals surface area contributed by atoms with Gasteiger partial charge in [-0.1, -0.05) is 29.3 Å². The van der Waals surface area contributed by atoms with E-state index in [9.17, 15) is 4.79 Å². The molecular weight excluding hydrogens is 385 g/mol. The van der Waals surface area contributed by atoms with Gasteiger partial charge in [-0.05, 0) is 32.1 Å². The summed E-state index contributed by atoms with van der Waals surface area (Å²) < 4.78 is 3.54. The highest BCUT2D eigenvalue weighted by molar-refractivity contribution is 6.35. The molecule has 0 bridgehead atoms. The topological polar surface area (TPSA) is 64.7 Å². The van der Waals surface area contributed by atoms with Crippen molar-refractivity contribution >= 4 is 40.9 Å². The Hall–Kier alpha value is -2.57. The average Bonchev–Trinajstić information content (AvgIpc) is 3.22. The number of benzene rings is 1. The molecule has 0 aliphatic rings. The number of carbonyl (C=O) groups is 1. The van der Waals surface area contributed by atoms with E-state index in [4.69, 9.17) is 23.2 Å². The summed E-state index contributed by atoms with van der Waals surface area (Å²) in [6.45, 7) is 5.20. The van der Waals surface area contributed by atoms with Crippen LogP contribution in [0.4, 0.5) is 5.69 Å². The van der Waals surface area contributed by atoms with Crippen LogP contribution in [0.3, 0.4) is 0 Å². The zero-order valence-electron chi connectivity index (χ0n) is 15.0. The van der Waals surface area contributed by atoms with Crippen molar-refractivity contribution in [3.05, 3.63) is 69.7 Å². The third kappa shape index (κ3) is 4.59. The first-order valence-corrected chi connectivity index (χ1v) is 9.20. The quantitative estimate of drug-likeness (QED) is 0.619. The molecule has 0 fully saturated rings. The van der Waals surface area contributed by atoms with Crippen molar-refractivity contribution in [1.29, 1.82) is 0 Å². The highest BCUT2D eigenvalue weighted by atomic mass is 35.5. The van der Waals surface area contributed by atoms with Crippen LogP contribution in [0.5, 0.6) is 0 Å². The van der Waals surface area contributed by atoms with Crippen molar-refractivity contribution in [1.82, 2.24) is 19.6 Å². The zero-order valence-corrected chi connectivity index (χ0v) is 16.5. The van der Waals surface area contributed by atoms with E-state index in [0.717, 1.165) is 23.4 Å². The standard InChI is InChI=1S/C19H19Cl2N5O/c1-3-26-13(2)14(9-23-26)7-8-19(27)24-15-10-22-25(11-15)12-16-17(20)5-4-6-18(16)21/h4-11H,3,12H2,1-2H3,(H,24,27)/b8-7-. The molecular formula is C19H19Cl2N5O. The SMILES string of the molecule is CCn1ncc(/C=C\C(=O)Nc2cnn(Cc3c(Cl)cccc3Cl)c2)c1C. The number of rotatable bonds is 6. The fraction of sp³-hybridized carbons (Fsp3) is 0.211. The molecule has 3 aromatic rings. The highest BCUT2D eigenvalue weighted by Crippen LogP contribution is 2.25. The molecule has 140 valence electrons. The van der Waals surface area contributed by atoms with E-state index >= 15 is 0 Å². The second-order valence-electron chi connectivity index (χ2n) is 5.95. The number of halogens is 2. The summed E-state index contributed by atoms with van der Waals surface area (Å²) in [6.07, 6.45) is 8.28. The molecule has 27 heavy (non-hydrogen) atoms. The lowest BCUT2D eigenvalue weighted by Crippen LogP contribution is -2.07. The van der Waals surface area contributed by atoms with Crippen molar-refractivity contribution in [2.24, 2.45) is 0 Å². The van der Waals surface area contributed by atoms with Gasteiger partial charge in [-0.2, -0.15) is 10.2 Å². The minimum absolute atomic E-state index is 0.242. The fourth-order valence-electron chi connectivity index (χ4n) is 2.65. The zero-order chi connectivity index (χ0) is 19.4. The molecule has 1 N–H and O–H groups in total. The summed E-state index contributed by atoms with van der Waals surface area (Å²) in [5, 5.41) is 12.4. The first-order chi connectivity index (χ1) is 13.0. The van der Waals surface area contributed by atoms with Crippen molar-refractivity contribution in [2.75, 3.05) is 5.32 Å². The summed E-state index contributed by atoms with van der Waals surface area (Å²) in [7, 11) is 0. The van der Waals surface area contributed by atoms with Crippen LogP contribution in [-0.2, 0) is 17.9 Å². The van der Waals surface area contributed by atoms with Crippen LogP contribution in [0.2, 0.25) is 10.0 Å². The van der Waals surface area contributed by atoms with E-state index in [1.54, 1.807) is 47.5 Å². The van der Waals surface area contributed by atoms with Gasteiger partial charge in [0.25, 0.3) is 0 Å². The van der Waals surface area contributed by atoms with Crippen LogP contribution in [0.25, 0.3) is 6.08 Å². The van der Waals surface area contributed by atoms with Crippen molar-refractivity contribution in [3.8, 4) is 0 Å². The first-order valence-electron chi connectivity index (χ1n) is 8.44. The summed E-state index contributed by atoms with van der Waals surface area (Å²) in [5.74, 6) is -0.242. The number of nitrogens with one attached hydrogen (secondary N) is 1. The fourth-order valence-corrected chi connectivity index (χ4v) is 3.17. The number of hydrogen-bond donors (Lipinski definition) is 1. The third-order valence-electron chi connectivity index (χ3n) is 4.14. The Morgan fingerprint density at radius 3 is 2.63 bits per heavy atom. The smallest absolute Gasteiger partial charge is 0.248 e. The van der Waals surface area contributed by atoms with Gasteiger partial charge in [0, 0.05) is 45.7 Å². The molecule has 0 aliphatic heterocycles. The maximum Gasteiger partial charge on any atom is 0.248 e. The van der Waals surface area contributed by atoms with E-state index in [-0.39, 0.29) is 5.91 Å². The molecule has 0 saturated carbocycles. The van der Waals surface area contributed by atoms with Crippen molar-refractivity contribution in [2.45, 2.75) is 26.9 Å². The van der Waals surface area contributed by atoms with Crippen LogP contribution < -0.4 is 5.32 Å². The van der Waals surface area contributed by atoms with Gasteiger partial charge in [-0.25, -0.2) is 0 Å². The normalized spacial score (nSPS) is 11.3. The molecule has 2 aromatic heterocycles. The Morgan fingerprint density at radius 1 is 1.22 bits per heavy atom. The molecule has 8 heteroatoms. The predicted octanol–water partition coefficient (Wildman–Crippen LogP) is 4.41. The summed E-state index contributed by atoms with van der Waals surface area (Å²) in [6, 6.07) is 5.35. The predicted molar refractivity (Wildman–Crippen MR) is 108 cm³/mol. The number of anilines is 1. The Morgan fingerprint density at radius 2 is 1.96 bits per heavy atom. The number of aryl methyl sites for hydroxylation is 1. The second kappa shape index (κ2) is 8.41. The maximum atomic E-state index is 12.1. The van der Waals surface area contributed by atoms with Crippen molar-refractivity contribution < 1.29 is 4.79 Å². The lowest BCUT2D eigenvalue weighted by Gasteiger charge is -2.06.